The molecule has 0 amide bonds. The molecule has 0 saturated carbocycles. The van der Waals surface area contributed by atoms with Gasteiger partial charge in [0.15, 0.2) is 5.41 Å². The van der Waals surface area contributed by atoms with Gasteiger partial charge in [0.2, 0.25) is 0 Å². The van der Waals surface area contributed by atoms with E-state index in [0.29, 0.717) is 5.56 Å². The fourth-order valence-electron chi connectivity index (χ4n) is 4.73. The van der Waals surface area contributed by atoms with E-state index in [1.807, 2.05) is 37.3 Å². The van der Waals surface area contributed by atoms with Crippen molar-refractivity contribution in [1.82, 2.24) is 14.8 Å². The van der Waals surface area contributed by atoms with Crippen LogP contribution < -0.4 is 0 Å². The molecule has 1 fully saturated rings. The van der Waals surface area contributed by atoms with Crippen LogP contribution in [-0.4, -0.2) is 53.3 Å². The smallest absolute Gasteiger partial charge is 0.297 e. The summed E-state index contributed by atoms with van der Waals surface area (Å²) in [5, 5.41) is 0. The van der Waals surface area contributed by atoms with E-state index in [2.05, 4.69) is 14.8 Å². The molecular weight excluding hydrogens is 492 g/mol. The standard InChI is InChI=1S/C28H29F6N3/c1-20-17-22(19-37-15-13-36(14-16-37)18-21-9-11-35-12-10-21)3-8-25(20)23-4-6-24(7-5-23)26(2,27(29,30)31)28(32,33)34/h3-12,17H,13-16,18-19H2,1-2H3. The van der Waals surface area contributed by atoms with Crippen molar-refractivity contribution in [2.24, 2.45) is 0 Å². The zero-order valence-corrected chi connectivity index (χ0v) is 20.7. The first-order chi connectivity index (χ1) is 17.4. The Morgan fingerprint density at radius 3 is 1.70 bits per heavy atom. The molecule has 3 aromatic rings. The van der Waals surface area contributed by atoms with E-state index < -0.39 is 23.3 Å². The van der Waals surface area contributed by atoms with Crippen LogP contribution in [0.2, 0.25) is 0 Å². The molecule has 1 aliphatic rings. The fourth-order valence-corrected chi connectivity index (χ4v) is 4.73. The third-order valence-corrected chi connectivity index (χ3v) is 7.22. The van der Waals surface area contributed by atoms with Gasteiger partial charge in [-0.25, -0.2) is 0 Å². The monoisotopic (exact) mass is 521 g/mol. The Labute approximate surface area is 212 Å². The molecule has 0 aliphatic carbocycles. The molecule has 0 unspecified atom stereocenters. The Kier molecular flexibility index (Phi) is 7.67. The van der Waals surface area contributed by atoms with Crippen LogP contribution in [0.1, 0.15) is 29.2 Å². The Morgan fingerprint density at radius 2 is 1.22 bits per heavy atom. The maximum Gasteiger partial charge on any atom is 0.406 e. The van der Waals surface area contributed by atoms with Crippen molar-refractivity contribution in [2.75, 3.05) is 26.2 Å². The van der Waals surface area contributed by atoms with Crippen LogP contribution in [0, 0.1) is 6.92 Å². The molecule has 0 spiro atoms. The van der Waals surface area contributed by atoms with Crippen LogP contribution >= 0.6 is 0 Å². The Balaban J connectivity index is 1.41. The molecule has 198 valence electrons. The number of halogens is 6. The lowest BCUT2D eigenvalue weighted by Crippen LogP contribution is -2.51. The topological polar surface area (TPSA) is 19.4 Å². The summed E-state index contributed by atoms with van der Waals surface area (Å²) in [4.78, 5) is 8.84. The second kappa shape index (κ2) is 10.5. The first-order valence-corrected chi connectivity index (χ1v) is 12.1. The van der Waals surface area contributed by atoms with Crippen molar-refractivity contribution in [2.45, 2.75) is 44.7 Å². The molecule has 0 N–H and O–H groups in total. The first kappa shape index (κ1) is 27.1. The van der Waals surface area contributed by atoms with Crippen molar-refractivity contribution in [1.29, 1.82) is 0 Å². The van der Waals surface area contributed by atoms with Gasteiger partial charge in [0, 0.05) is 51.7 Å². The molecule has 1 aliphatic heterocycles. The molecule has 0 atom stereocenters. The van der Waals surface area contributed by atoms with E-state index >= 15 is 0 Å². The van der Waals surface area contributed by atoms with E-state index in [4.69, 9.17) is 0 Å². The van der Waals surface area contributed by atoms with E-state index in [9.17, 15) is 26.3 Å². The van der Waals surface area contributed by atoms with Gasteiger partial charge in [0.1, 0.15) is 0 Å². The zero-order valence-electron chi connectivity index (χ0n) is 20.7. The maximum atomic E-state index is 13.4. The molecule has 3 nitrogen and oxygen atoms in total. The Bertz CT molecular complexity index is 1170. The molecule has 2 heterocycles. The van der Waals surface area contributed by atoms with E-state index in [1.165, 1.54) is 17.7 Å². The number of hydrogen-bond donors (Lipinski definition) is 0. The molecule has 2 aromatic carbocycles. The number of nitrogens with zero attached hydrogens (tertiary/aromatic N) is 3. The van der Waals surface area contributed by atoms with Gasteiger partial charge in [0.25, 0.3) is 0 Å². The van der Waals surface area contributed by atoms with Gasteiger partial charge >= 0.3 is 12.4 Å². The zero-order chi connectivity index (χ0) is 26.8. The van der Waals surface area contributed by atoms with Crippen LogP contribution in [0.25, 0.3) is 11.1 Å². The summed E-state index contributed by atoms with van der Waals surface area (Å²) in [6, 6.07) is 14.4. The normalized spacial score (nSPS) is 16.2. The van der Waals surface area contributed by atoms with Gasteiger partial charge in [-0.1, -0.05) is 42.5 Å². The van der Waals surface area contributed by atoms with Crippen LogP contribution in [0.4, 0.5) is 26.3 Å². The van der Waals surface area contributed by atoms with Gasteiger partial charge in [-0.2, -0.15) is 26.3 Å². The highest BCUT2D eigenvalue weighted by molar-refractivity contribution is 5.68. The largest absolute Gasteiger partial charge is 0.406 e. The number of hydrogen-bond acceptors (Lipinski definition) is 3. The van der Waals surface area contributed by atoms with Gasteiger partial charge in [-0.3, -0.25) is 14.8 Å². The summed E-state index contributed by atoms with van der Waals surface area (Å²) in [6.45, 7) is 7.54. The number of pyridine rings is 1. The minimum Gasteiger partial charge on any atom is -0.297 e. The first-order valence-electron chi connectivity index (χ1n) is 12.1. The second-order valence-corrected chi connectivity index (χ2v) is 9.75. The number of piperazine rings is 1. The summed E-state index contributed by atoms with van der Waals surface area (Å²) < 4.78 is 80.4. The third kappa shape index (κ3) is 5.83. The average Bonchev–Trinajstić information content (AvgIpc) is 2.84. The van der Waals surface area contributed by atoms with Crippen LogP contribution in [0.15, 0.2) is 67.0 Å². The van der Waals surface area contributed by atoms with Gasteiger partial charge < -0.3 is 0 Å². The molecule has 1 aromatic heterocycles. The van der Waals surface area contributed by atoms with Crippen LogP contribution in [0.5, 0.6) is 0 Å². The van der Waals surface area contributed by atoms with E-state index in [0.717, 1.165) is 68.1 Å². The molecule has 0 radical (unpaired) electrons. The molecule has 1 saturated heterocycles. The number of alkyl halides is 6. The number of rotatable bonds is 6. The Hall–Kier alpha value is -2.91. The fraction of sp³-hybridized carbons (Fsp3) is 0.393. The Morgan fingerprint density at radius 1 is 0.703 bits per heavy atom. The predicted octanol–water partition coefficient (Wildman–Crippen LogP) is 6.76. The lowest BCUT2D eigenvalue weighted by Gasteiger charge is -2.35. The summed E-state index contributed by atoms with van der Waals surface area (Å²) >= 11 is 0. The summed E-state index contributed by atoms with van der Waals surface area (Å²) in [7, 11) is 0. The molecule has 4 rings (SSSR count). The molecule has 37 heavy (non-hydrogen) atoms. The van der Waals surface area contributed by atoms with Gasteiger partial charge in [-0.15, -0.1) is 0 Å². The number of aromatic nitrogens is 1. The number of aryl methyl sites for hydroxylation is 1. The summed E-state index contributed by atoms with van der Waals surface area (Å²) in [6.07, 6.45) is -7.33. The summed E-state index contributed by atoms with van der Waals surface area (Å²) in [5.74, 6) is 0. The van der Waals surface area contributed by atoms with Crippen molar-refractivity contribution in [3.05, 3.63) is 89.2 Å². The van der Waals surface area contributed by atoms with Crippen molar-refractivity contribution in [3.63, 3.8) is 0 Å². The molecular formula is C28H29F6N3. The van der Waals surface area contributed by atoms with Crippen molar-refractivity contribution in [3.8, 4) is 11.1 Å². The third-order valence-electron chi connectivity index (χ3n) is 7.22. The van der Waals surface area contributed by atoms with Gasteiger partial charge in [0.05, 0.1) is 0 Å². The average molecular weight is 522 g/mol. The highest BCUT2D eigenvalue weighted by Crippen LogP contribution is 2.51. The quantitative estimate of drug-likeness (QED) is 0.334. The van der Waals surface area contributed by atoms with Crippen LogP contribution in [-0.2, 0) is 18.5 Å². The SMILES string of the molecule is Cc1cc(CN2CCN(Cc3ccncc3)CC2)ccc1-c1ccc(C(C)(C(F)(F)F)C(F)(F)F)cc1. The lowest BCUT2D eigenvalue weighted by molar-refractivity contribution is -0.297. The second-order valence-electron chi connectivity index (χ2n) is 9.75. The summed E-state index contributed by atoms with van der Waals surface area (Å²) in [5.41, 5.74) is -0.141. The molecule has 0 bridgehead atoms. The highest BCUT2D eigenvalue weighted by Gasteiger charge is 2.68. The lowest BCUT2D eigenvalue weighted by atomic mass is 9.80. The minimum absolute atomic E-state index is 0.182. The van der Waals surface area contributed by atoms with Gasteiger partial charge in [-0.05, 0) is 59.4 Å². The predicted molar refractivity (Wildman–Crippen MR) is 131 cm³/mol. The van der Waals surface area contributed by atoms with Crippen molar-refractivity contribution < 1.29 is 26.3 Å². The maximum absolute atomic E-state index is 13.4. The van der Waals surface area contributed by atoms with Crippen molar-refractivity contribution >= 4 is 0 Å². The molecule has 9 heteroatoms. The van der Waals surface area contributed by atoms with E-state index in [-0.39, 0.29) is 6.92 Å². The minimum atomic E-state index is -5.46. The van der Waals surface area contributed by atoms with E-state index in [1.54, 1.807) is 12.4 Å². The van der Waals surface area contributed by atoms with Crippen LogP contribution in [0.3, 0.4) is 0 Å². The highest BCUT2D eigenvalue weighted by atomic mass is 19.4. The number of benzene rings is 2.